The van der Waals surface area contributed by atoms with Gasteiger partial charge in [-0.3, -0.25) is 4.79 Å². The quantitative estimate of drug-likeness (QED) is 0.630. The Morgan fingerprint density at radius 2 is 2.30 bits per heavy atom. The summed E-state index contributed by atoms with van der Waals surface area (Å²) in [6, 6.07) is 10.4. The average Bonchev–Trinajstić information content (AvgIpc) is 3.07. The smallest absolute Gasteiger partial charge is 0.262 e. The summed E-state index contributed by atoms with van der Waals surface area (Å²) in [6.45, 7) is 2.60. The normalized spacial score (nSPS) is 10.9. The van der Waals surface area contributed by atoms with Gasteiger partial charge in [-0.05, 0) is 42.1 Å². The number of nitriles is 1. The Kier molecular flexibility index (Phi) is 5.78. The van der Waals surface area contributed by atoms with Gasteiger partial charge in [0.05, 0.1) is 13.2 Å². The highest BCUT2D eigenvalue weighted by Gasteiger charge is 2.10. The number of nitrogens with one attached hydrogen (secondary N) is 1. The lowest BCUT2D eigenvalue weighted by Crippen LogP contribution is -2.23. The zero-order valence-electron chi connectivity index (χ0n) is 12.6. The lowest BCUT2D eigenvalue weighted by atomic mass is 10.1. The fourth-order valence-electron chi connectivity index (χ4n) is 1.88. The van der Waals surface area contributed by atoms with Crippen molar-refractivity contribution in [1.82, 2.24) is 5.32 Å². The third-order valence-electron chi connectivity index (χ3n) is 2.96. The lowest BCUT2D eigenvalue weighted by molar-refractivity contribution is -0.117. The van der Waals surface area contributed by atoms with Gasteiger partial charge in [-0.2, -0.15) is 5.26 Å². The fourth-order valence-corrected chi connectivity index (χ4v) is 2.53. The molecule has 0 aliphatic rings. The van der Waals surface area contributed by atoms with Crippen LogP contribution in [0.3, 0.4) is 0 Å². The summed E-state index contributed by atoms with van der Waals surface area (Å²) in [5, 5.41) is 23.5. The molecule has 2 rings (SSSR count). The van der Waals surface area contributed by atoms with Gasteiger partial charge in [0.2, 0.25) is 0 Å². The molecule has 2 N–H and O–H groups in total. The molecule has 118 valence electrons. The molecule has 0 radical (unpaired) electrons. The van der Waals surface area contributed by atoms with Gasteiger partial charge in [0.1, 0.15) is 11.6 Å². The Morgan fingerprint density at radius 3 is 2.96 bits per heavy atom. The standard InChI is InChI=1S/C17H16N2O3S/c1-2-22-16-9-12(5-6-15(16)20)8-13(10-18)17(21)19-11-14-4-3-7-23-14/h3-9,20H,2,11H2,1H3,(H,19,21). The maximum Gasteiger partial charge on any atom is 0.262 e. The van der Waals surface area contributed by atoms with Crippen molar-refractivity contribution in [2.45, 2.75) is 13.5 Å². The highest BCUT2D eigenvalue weighted by molar-refractivity contribution is 7.09. The van der Waals surface area contributed by atoms with E-state index in [9.17, 15) is 15.2 Å². The first-order valence-electron chi connectivity index (χ1n) is 7.02. The minimum Gasteiger partial charge on any atom is -0.504 e. The Labute approximate surface area is 138 Å². The number of hydrogen-bond donors (Lipinski definition) is 2. The van der Waals surface area contributed by atoms with Crippen LogP contribution in [0.5, 0.6) is 11.5 Å². The molecule has 1 aromatic carbocycles. The van der Waals surface area contributed by atoms with Gasteiger partial charge in [0, 0.05) is 4.88 Å². The summed E-state index contributed by atoms with van der Waals surface area (Å²) < 4.78 is 5.29. The lowest BCUT2D eigenvalue weighted by Gasteiger charge is -2.07. The summed E-state index contributed by atoms with van der Waals surface area (Å²) in [4.78, 5) is 13.1. The summed E-state index contributed by atoms with van der Waals surface area (Å²) in [6.07, 6.45) is 1.46. The Morgan fingerprint density at radius 1 is 1.48 bits per heavy atom. The van der Waals surface area contributed by atoms with Gasteiger partial charge in [0.25, 0.3) is 5.91 Å². The molecule has 0 aliphatic heterocycles. The summed E-state index contributed by atoms with van der Waals surface area (Å²) in [5.74, 6) is -0.103. The first kappa shape index (κ1) is 16.6. The number of nitrogens with zero attached hydrogens (tertiary/aromatic N) is 1. The van der Waals surface area contributed by atoms with E-state index >= 15 is 0 Å². The average molecular weight is 328 g/mol. The van der Waals surface area contributed by atoms with Crippen molar-refractivity contribution in [3.8, 4) is 17.6 Å². The Bertz CT molecular complexity index is 746. The number of phenols is 1. The van der Waals surface area contributed by atoms with Gasteiger partial charge in [-0.15, -0.1) is 11.3 Å². The second-order valence-electron chi connectivity index (χ2n) is 4.59. The molecule has 0 saturated heterocycles. The van der Waals surface area contributed by atoms with Crippen molar-refractivity contribution < 1.29 is 14.6 Å². The van der Waals surface area contributed by atoms with Crippen LogP contribution in [-0.4, -0.2) is 17.6 Å². The molecule has 1 aromatic heterocycles. The highest BCUT2D eigenvalue weighted by Crippen LogP contribution is 2.27. The van der Waals surface area contributed by atoms with Crippen LogP contribution in [0, 0.1) is 11.3 Å². The minimum absolute atomic E-state index is 0.00491. The predicted octanol–water partition coefficient (Wildman–Crippen LogP) is 3.08. The first-order chi connectivity index (χ1) is 11.1. The van der Waals surface area contributed by atoms with Crippen molar-refractivity contribution in [1.29, 1.82) is 5.26 Å². The minimum atomic E-state index is -0.438. The van der Waals surface area contributed by atoms with Crippen molar-refractivity contribution in [2.75, 3.05) is 6.61 Å². The second kappa shape index (κ2) is 8.01. The first-order valence-corrected chi connectivity index (χ1v) is 7.90. The number of ether oxygens (including phenoxy) is 1. The molecule has 0 atom stereocenters. The molecule has 23 heavy (non-hydrogen) atoms. The maximum absolute atomic E-state index is 12.1. The number of benzene rings is 1. The van der Waals surface area contributed by atoms with E-state index in [1.807, 2.05) is 23.6 Å². The molecular weight excluding hydrogens is 312 g/mol. The molecule has 0 aliphatic carbocycles. The zero-order chi connectivity index (χ0) is 16.7. The predicted molar refractivity (Wildman–Crippen MR) is 89.0 cm³/mol. The zero-order valence-corrected chi connectivity index (χ0v) is 13.4. The van der Waals surface area contributed by atoms with Crippen LogP contribution in [0.1, 0.15) is 17.4 Å². The Balaban J connectivity index is 2.13. The van der Waals surface area contributed by atoms with E-state index in [-0.39, 0.29) is 11.3 Å². The number of carbonyl (C=O) groups excluding carboxylic acids is 1. The molecule has 6 heteroatoms. The largest absolute Gasteiger partial charge is 0.504 e. The van der Waals surface area contributed by atoms with E-state index in [4.69, 9.17) is 4.74 Å². The molecule has 0 saturated carbocycles. The molecule has 1 heterocycles. The molecule has 0 fully saturated rings. The topological polar surface area (TPSA) is 82.3 Å². The molecule has 0 bridgehead atoms. The number of aromatic hydroxyl groups is 1. The number of rotatable bonds is 6. The molecular formula is C17H16N2O3S. The summed E-state index contributed by atoms with van der Waals surface area (Å²) in [7, 11) is 0. The van der Waals surface area contributed by atoms with Gasteiger partial charge < -0.3 is 15.2 Å². The van der Waals surface area contributed by atoms with Crippen molar-refractivity contribution in [2.24, 2.45) is 0 Å². The van der Waals surface area contributed by atoms with Crippen molar-refractivity contribution in [3.63, 3.8) is 0 Å². The van der Waals surface area contributed by atoms with Gasteiger partial charge >= 0.3 is 0 Å². The van der Waals surface area contributed by atoms with E-state index in [1.54, 1.807) is 19.1 Å². The van der Waals surface area contributed by atoms with Crippen LogP contribution < -0.4 is 10.1 Å². The number of hydrogen-bond acceptors (Lipinski definition) is 5. The SMILES string of the molecule is CCOc1cc(C=C(C#N)C(=O)NCc2cccs2)ccc1O. The van der Waals surface area contributed by atoms with E-state index in [0.717, 1.165) is 4.88 Å². The third kappa shape index (κ3) is 4.59. The van der Waals surface area contributed by atoms with Gasteiger partial charge in [-0.25, -0.2) is 0 Å². The molecule has 5 nitrogen and oxygen atoms in total. The van der Waals surface area contributed by atoms with Crippen LogP contribution in [0.2, 0.25) is 0 Å². The third-order valence-corrected chi connectivity index (χ3v) is 3.84. The second-order valence-corrected chi connectivity index (χ2v) is 5.62. The highest BCUT2D eigenvalue weighted by atomic mass is 32.1. The Hall–Kier alpha value is -2.78. The van der Waals surface area contributed by atoms with Crippen LogP contribution in [0.4, 0.5) is 0 Å². The van der Waals surface area contributed by atoms with E-state index in [0.29, 0.717) is 24.5 Å². The van der Waals surface area contributed by atoms with Gasteiger partial charge in [0.15, 0.2) is 11.5 Å². The number of thiophene rings is 1. The molecule has 0 unspecified atom stereocenters. The van der Waals surface area contributed by atoms with Crippen LogP contribution in [-0.2, 0) is 11.3 Å². The molecule has 0 spiro atoms. The van der Waals surface area contributed by atoms with E-state index < -0.39 is 5.91 Å². The van der Waals surface area contributed by atoms with E-state index in [2.05, 4.69) is 5.32 Å². The summed E-state index contributed by atoms with van der Waals surface area (Å²) >= 11 is 1.54. The number of phenolic OH excluding ortho intramolecular Hbond substituents is 1. The summed E-state index contributed by atoms with van der Waals surface area (Å²) in [5.41, 5.74) is 0.601. The van der Waals surface area contributed by atoms with E-state index in [1.165, 1.54) is 23.5 Å². The van der Waals surface area contributed by atoms with Crippen LogP contribution in [0.15, 0.2) is 41.3 Å². The maximum atomic E-state index is 12.1. The molecule has 1 amide bonds. The monoisotopic (exact) mass is 328 g/mol. The fraction of sp³-hybridized carbons (Fsp3) is 0.176. The van der Waals surface area contributed by atoms with Crippen LogP contribution in [0.25, 0.3) is 6.08 Å². The van der Waals surface area contributed by atoms with Crippen LogP contribution >= 0.6 is 11.3 Å². The van der Waals surface area contributed by atoms with Crippen molar-refractivity contribution in [3.05, 3.63) is 51.7 Å². The molecule has 2 aromatic rings. The number of carbonyl (C=O) groups is 1. The number of amides is 1. The van der Waals surface area contributed by atoms with Gasteiger partial charge in [-0.1, -0.05) is 12.1 Å². The van der Waals surface area contributed by atoms with Crippen molar-refractivity contribution >= 4 is 23.3 Å².